The van der Waals surface area contributed by atoms with E-state index < -0.39 is 0 Å². The van der Waals surface area contributed by atoms with Crippen LogP contribution in [0.4, 0.5) is 5.69 Å². The molecule has 1 aromatic rings. The number of esters is 1. The molecule has 0 spiro atoms. The van der Waals surface area contributed by atoms with Gasteiger partial charge in [0.1, 0.15) is 0 Å². The number of rotatable bonds is 5. The first-order valence-corrected chi connectivity index (χ1v) is 6.38. The lowest BCUT2D eigenvalue weighted by Gasteiger charge is -2.07. The summed E-state index contributed by atoms with van der Waals surface area (Å²) in [6, 6.07) is 5.07. The quantitative estimate of drug-likeness (QED) is 0.477. The third-order valence-electron chi connectivity index (χ3n) is 2.29. The summed E-state index contributed by atoms with van der Waals surface area (Å²) in [4.78, 5) is 23.2. The molecule has 98 valence electrons. The van der Waals surface area contributed by atoms with Crippen molar-refractivity contribution < 1.29 is 14.3 Å². The van der Waals surface area contributed by atoms with Gasteiger partial charge in [0.05, 0.1) is 13.5 Å². The van der Waals surface area contributed by atoms with Crippen LogP contribution >= 0.6 is 11.8 Å². The maximum Gasteiger partial charge on any atom is 0.306 e. The van der Waals surface area contributed by atoms with Crippen molar-refractivity contribution in [3.8, 4) is 0 Å². The van der Waals surface area contributed by atoms with Gasteiger partial charge in [-0.05, 0) is 18.2 Å². The van der Waals surface area contributed by atoms with Crippen LogP contribution in [0.25, 0.3) is 0 Å². The van der Waals surface area contributed by atoms with E-state index in [2.05, 4.69) is 10.1 Å². The van der Waals surface area contributed by atoms with Crippen molar-refractivity contribution in [1.82, 2.24) is 5.32 Å². The summed E-state index contributed by atoms with van der Waals surface area (Å²) in [5.41, 5.74) is 6.96. The molecule has 0 atom stereocenters. The molecular weight excluding hydrogens is 252 g/mol. The summed E-state index contributed by atoms with van der Waals surface area (Å²) in [6.07, 6.45) is 0.310. The third kappa shape index (κ3) is 3.96. The Kier molecular flexibility index (Phi) is 5.51. The third-order valence-corrected chi connectivity index (χ3v) is 3.37. The van der Waals surface area contributed by atoms with Crippen molar-refractivity contribution >= 4 is 29.3 Å². The van der Waals surface area contributed by atoms with Gasteiger partial charge in [0.15, 0.2) is 0 Å². The smallest absolute Gasteiger partial charge is 0.306 e. The van der Waals surface area contributed by atoms with Crippen LogP contribution in [-0.4, -0.2) is 31.8 Å². The van der Waals surface area contributed by atoms with Gasteiger partial charge in [0.25, 0.3) is 5.91 Å². The molecule has 0 saturated heterocycles. The summed E-state index contributed by atoms with van der Waals surface area (Å²) in [6.45, 7) is 0. The topological polar surface area (TPSA) is 81.4 Å². The number of nitrogens with one attached hydrogen (secondary N) is 1. The van der Waals surface area contributed by atoms with E-state index in [4.69, 9.17) is 5.73 Å². The summed E-state index contributed by atoms with van der Waals surface area (Å²) in [5, 5.41) is 2.55. The van der Waals surface area contributed by atoms with Gasteiger partial charge in [-0.15, -0.1) is 11.8 Å². The van der Waals surface area contributed by atoms with Crippen LogP contribution in [0.3, 0.4) is 0 Å². The molecule has 1 amide bonds. The maximum atomic E-state index is 11.5. The fourth-order valence-electron chi connectivity index (χ4n) is 1.29. The number of anilines is 1. The van der Waals surface area contributed by atoms with Crippen molar-refractivity contribution in [3.05, 3.63) is 23.8 Å². The van der Waals surface area contributed by atoms with E-state index in [9.17, 15) is 9.59 Å². The molecule has 3 N–H and O–H groups in total. The number of carbonyl (C=O) groups excluding carboxylic acids is 2. The molecule has 1 aromatic carbocycles. The van der Waals surface area contributed by atoms with Crippen LogP contribution in [0.5, 0.6) is 0 Å². The minimum absolute atomic E-state index is 0.162. The summed E-state index contributed by atoms with van der Waals surface area (Å²) in [5.74, 6) is 0.141. The SMILES string of the molecule is CNC(=O)c1ccc(N)c(SCCC(=O)OC)c1. The number of nitrogen functional groups attached to an aromatic ring is 1. The van der Waals surface area contributed by atoms with Crippen molar-refractivity contribution in [3.63, 3.8) is 0 Å². The maximum absolute atomic E-state index is 11.5. The largest absolute Gasteiger partial charge is 0.469 e. The number of ether oxygens (including phenoxy) is 1. The first-order chi connectivity index (χ1) is 8.58. The highest BCUT2D eigenvalue weighted by Gasteiger charge is 2.08. The van der Waals surface area contributed by atoms with Crippen molar-refractivity contribution in [1.29, 1.82) is 0 Å². The molecule has 0 bridgehead atoms. The minimum Gasteiger partial charge on any atom is -0.469 e. The standard InChI is InChI=1S/C12H16N2O3S/c1-14-12(16)8-3-4-9(13)10(7-8)18-6-5-11(15)17-2/h3-4,7H,5-6,13H2,1-2H3,(H,14,16). The predicted molar refractivity (Wildman–Crippen MR) is 71.6 cm³/mol. The van der Waals surface area contributed by atoms with Crippen LogP contribution in [0.15, 0.2) is 23.1 Å². The molecule has 0 aliphatic rings. The summed E-state index contributed by atoms with van der Waals surface area (Å²) >= 11 is 1.43. The van der Waals surface area contributed by atoms with Crippen molar-refractivity contribution in [2.45, 2.75) is 11.3 Å². The van der Waals surface area contributed by atoms with E-state index in [0.29, 0.717) is 23.4 Å². The minimum atomic E-state index is -0.261. The lowest BCUT2D eigenvalue weighted by atomic mass is 10.2. The first-order valence-electron chi connectivity index (χ1n) is 5.39. The highest BCUT2D eigenvalue weighted by atomic mass is 32.2. The van der Waals surface area contributed by atoms with E-state index in [0.717, 1.165) is 4.90 Å². The monoisotopic (exact) mass is 268 g/mol. The Balaban J connectivity index is 2.69. The molecule has 0 saturated carbocycles. The molecule has 0 unspecified atom stereocenters. The molecular formula is C12H16N2O3S. The Morgan fingerprint density at radius 2 is 2.17 bits per heavy atom. The van der Waals surface area contributed by atoms with Crippen LogP contribution in [0, 0.1) is 0 Å². The fourth-order valence-corrected chi connectivity index (χ4v) is 2.22. The molecule has 0 radical (unpaired) electrons. The number of hydrogen-bond acceptors (Lipinski definition) is 5. The van der Waals surface area contributed by atoms with Crippen molar-refractivity contribution in [2.24, 2.45) is 0 Å². The van der Waals surface area contributed by atoms with Crippen LogP contribution in [0.1, 0.15) is 16.8 Å². The van der Waals surface area contributed by atoms with Gasteiger partial charge in [0.2, 0.25) is 0 Å². The van der Waals surface area contributed by atoms with Gasteiger partial charge >= 0.3 is 5.97 Å². The van der Waals surface area contributed by atoms with Gasteiger partial charge in [-0.2, -0.15) is 0 Å². The number of methoxy groups -OCH3 is 1. The highest BCUT2D eigenvalue weighted by molar-refractivity contribution is 7.99. The molecule has 0 aliphatic heterocycles. The average molecular weight is 268 g/mol. The number of carbonyl (C=O) groups is 2. The Labute approximate surface area is 110 Å². The Hall–Kier alpha value is -1.69. The number of hydrogen-bond donors (Lipinski definition) is 2. The zero-order chi connectivity index (χ0) is 13.5. The van der Waals surface area contributed by atoms with E-state index in [-0.39, 0.29) is 11.9 Å². The molecule has 0 aliphatic carbocycles. The second-order valence-corrected chi connectivity index (χ2v) is 4.64. The van der Waals surface area contributed by atoms with E-state index in [1.54, 1.807) is 25.2 Å². The molecule has 5 nitrogen and oxygen atoms in total. The van der Waals surface area contributed by atoms with E-state index >= 15 is 0 Å². The van der Waals surface area contributed by atoms with E-state index in [1.165, 1.54) is 18.9 Å². The number of benzene rings is 1. The lowest BCUT2D eigenvalue weighted by molar-refractivity contribution is -0.140. The highest BCUT2D eigenvalue weighted by Crippen LogP contribution is 2.26. The van der Waals surface area contributed by atoms with Crippen molar-refractivity contribution in [2.75, 3.05) is 25.6 Å². The van der Waals surface area contributed by atoms with Gasteiger partial charge in [0, 0.05) is 28.9 Å². The van der Waals surface area contributed by atoms with Gasteiger partial charge < -0.3 is 15.8 Å². The Morgan fingerprint density at radius 1 is 1.44 bits per heavy atom. The summed E-state index contributed by atoms with van der Waals surface area (Å²) < 4.78 is 4.55. The van der Waals surface area contributed by atoms with Crippen LogP contribution < -0.4 is 11.1 Å². The number of thioether (sulfide) groups is 1. The average Bonchev–Trinajstić information content (AvgIpc) is 2.39. The van der Waals surface area contributed by atoms with Crippen LogP contribution in [-0.2, 0) is 9.53 Å². The molecule has 18 heavy (non-hydrogen) atoms. The van der Waals surface area contributed by atoms with Crippen LogP contribution in [0.2, 0.25) is 0 Å². The van der Waals surface area contributed by atoms with Gasteiger partial charge in [-0.3, -0.25) is 9.59 Å². The first kappa shape index (κ1) is 14.4. The van der Waals surface area contributed by atoms with E-state index in [1.807, 2.05) is 0 Å². The zero-order valence-electron chi connectivity index (χ0n) is 10.4. The second kappa shape index (κ2) is 6.90. The summed E-state index contributed by atoms with van der Waals surface area (Å²) in [7, 11) is 2.93. The Morgan fingerprint density at radius 3 is 2.78 bits per heavy atom. The van der Waals surface area contributed by atoms with Gasteiger partial charge in [-0.25, -0.2) is 0 Å². The predicted octanol–water partition coefficient (Wildman–Crippen LogP) is 1.28. The zero-order valence-corrected chi connectivity index (χ0v) is 11.2. The second-order valence-electron chi connectivity index (χ2n) is 3.51. The molecule has 0 fully saturated rings. The molecule has 6 heteroatoms. The normalized spacial score (nSPS) is 9.89. The fraction of sp³-hybridized carbons (Fsp3) is 0.333. The number of nitrogens with two attached hydrogens (primary N) is 1. The Bertz CT molecular complexity index is 449. The molecule has 0 heterocycles. The number of amides is 1. The van der Waals surface area contributed by atoms with Gasteiger partial charge in [-0.1, -0.05) is 0 Å². The lowest BCUT2D eigenvalue weighted by Crippen LogP contribution is -2.17. The molecule has 0 aromatic heterocycles. The molecule has 1 rings (SSSR count).